The van der Waals surface area contributed by atoms with Gasteiger partial charge in [0.1, 0.15) is 6.42 Å². The maximum atomic E-state index is 11.4. The summed E-state index contributed by atoms with van der Waals surface area (Å²) in [6.45, 7) is 3.27. The molecule has 0 bridgehead atoms. The van der Waals surface area contributed by atoms with E-state index in [4.69, 9.17) is 10.00 Å². The van der Waals surface area contributed by atoms with Gasteiger partial charge in [0.25, 0.3) is 0 Å². The Labute approximate surface area is 95.0 Å². The predicted molar refractivity (Wildman–Crippen MR) is 56.2 cm³/mol. The van der Waals surface area contributed by atoms with Crippen molar-refractivity contribution in [3.05, 3.63) is 0 Å². The van der Waals surface area contributed by atoms with E-state index >= 15 is 0 Å². The van der Waals surface area contributed by atoms with Gasteiger partial charge in [-0.2, -0.15) is 5.26 Å². The molecule has 5 nitrogen and oxygen atoms in total. The first-order valence-electron chi connectivity index (χ1n) is 5.50. The van der Waals surface area contributed by atoms with Gasteiger partial charge >= 0.3 is 5.97 Å². The van der Waals surface area contributed by atoms with Crippen molar-refractivity contribution in [2.75, 3.05) is 19.7 Å². The van der Waals surface area contributed by atoms with Gasteiger partial charge in [0.15, 0.2) is 0 Å². The third kappa shape index (κ3) is 3.23. The van der Waals surface area contributed by atoms with E-state index in [-0.39, 0.29) is 24.2 Å². The average molecular weight is 224 g/mol. The number of amides is 1. The summed E-state index contributed by atoms with van der Waals surface area (Å²) in [5.74, 6) is -0.411. The molecule has 0 atom stereocenters. The molecule has 88 valence electrons. The Kier molecular flexibility index (Phi) is 4.77. The highest BCUT2D eigenvalue weighted by Gasteiger charge is 2.27. The molecule has 1 fully saturated rings. The molecule has 1 aliphatic heterocycles. The SMILES string of the molecule is CCOC(=O)C1CCN(C(=O)CC#N)CC1. The summed E-state index contributed by atoms with van der Waals surface area (Å²) >= 11 is 0. The van der Waals surface area contributed by atoms with Crippen molar-refractivity contribution in [2.45, 2.75) is 26.2 Å². The Hall–Kier alpha value is -1.57. The monoisotopic (exact) mass is 224 g/mol. The van der Waals surface area contributed by atoms with Crippen LogP contribution in [0.1, 0.15) is 26.2 Å². The van der Waals surface area contributed by atoms with Crippen molar-refractivity contribution < 1.29 is 14.3 Å². The molecule has 0 aliphatic carbocycles. The van der Waals surface area contributed by atoms with E-state index in [9.17, 15) is 9.59 Å². The Morgan fingerprint density at radius 1 is 1.44 bits per heavy atom. The molecule has 5 heteroatoms. The Morgan fingerprint density at radius 3 is 2.56 bits per heavy atom. The molecule has 0 N–H and O–H groups in total. The van der Waals surface area contributed by atoms with Gasteiger partial charge in [0, 0.05) is 13.1 Å². The maximum absolute atomic E-state index is 11.4. The summed E-state index contributed by atoms with van der Waals surface area (Å²) in [6, 6.07) is 1.84. The third-order valence-corrected chi connectivity index (χ3v) is 2.70. The van der Waals surface area contributed by atoms with Crippen molar-refractivity contribution in [2.24, 2.45) is 5.92 Å². The third-order valence-electron chi connectivity index (χ3n) is 2.70. The Balaban J connectivity index is 2.37. The summed E-state index contributed by atoms with van der Waals surface area (Å²) in [5, 5.41) is 8.41. The van der Waals surface area contributed by atoms with Crippen LogP contribution in [0.15, 0.2) is 0 Å². The number of ether oxygens (including phenoxy) is 1. The van der Waals surface area contributed by atoms with Gasteiger partial charge in [-0.05, 0) is 19.8 Å². The maximum Gasteiger partial charge on any atom is 0.309 e. The molecule has 0 aromatic carbocycles. The molecular formula is C11H16N2O3. The molecule has 0 unspecified atom stereocenters. The molecule has 0 saturated carbocycles. The molecule has 1 rings (SSSR count). The zero-order chi connectivity index (χ0) is 12.0. The van der Waals surface area contributed by atoms with Gasteiger partial charge in [-0.3, -0.25) is 9.59 Å². The van der Waals surface area contributed by atoms with Crippen LogP contribution in [0.2, 0.25) is 0 Å². The van der Waals surface area contributed by atoms with Crippen LogP contribution in [0.25, 0.3) is 0 Å². The van der Waals surface area contributed by atoms with Crippen molar-refractivity contribution in [1.29, 1.82) is 5.26 Å². The lowest BCUT2D eigenvalue weighted by Gasteiger charge is -2.30. The van der Waals surface area contributed by atoms with E-state index in [0.717, 1.165) is 0 Å². The molecule has 16 heavy (non-hydrogen) atoms. The minimum Gasteiger partial charge on any atom is -0.466 e. The normalized spacial score (nSPS) is 16.6. The fourth-order valence-electron chi connectivity index (χ4n) is 1.80. The number of piperidine rings is 1. The van der Waals surface area contributed by atoms with Gasteiger partial charge in [0.05, 0.1) is 18.6 Å². The molecule has 0 aromatic heterocycles. The van der Waals surface area contributed by atoms with Crippen LogP contribution in [0.5, 0.6) is 0 Å². The second-order valence-corrected chi connectivity index (χ2v) is 3.74. The molecule has 0 aromatic rings. The lowest BCUT2D eigenvalue weighted by molar-refractivity contribution is -0.151. The Morgan fingerprint density at radius 2 is 2.06 bits per heavy atom. The first-order valence-corrected chi connectivity index (χ1v) is 5.50. The first-order chi connectivity index (χ1) is 7.69. The first kappa shape index (κ1) is 12.5. The molecule has 1 amide bonds. The summed E-state index contributed by atoms with van der Waals surface area (Å²) in [7, 11) is 0. The van der Waals surface area contributed by atoms with Crippen LogP contribution in [0.3, 0.4) is 0 Å². The van der Waals surface area contributed by atoms with E-state index < -0.39 is 0 Å². The quantitative estimate of drug-likeness (QED) is 0.662. The number of nitrogens with zero attached hydrogens (tertiary/aromatic N) is 2. The van der Waals surface area contributed by atoms with Crippen LogP contribution >= 0.6 is 0 Å². The summed E-state index contributed by atoms with van der Waals surface area (Å²) in [6.07, 6.45) is 1.19. The van der Waals surface area contributed by atoms with E-state index in [1.807, 2.05) is 6.07 Å². The van der Waals surface area contributed by atoms with Crippen molar-refractivity contribution in [3.63, 3.8) is 0 Å². The van der Waals surface area contributed by atoms with Gasteiger partial charge in [0.2, 0.25) is 5.91 Å². The lowest BCUT2D eigenvalue weighted by Crippen LogP contribution is -2.40. The Bertz CT molecular complexity index is 301. The largest absolute Gasteiger partial charge is 0.466 e. The lowest BCUT2D eigenvalue weighted by atomic mass is 9.97. The second kappa shape index (κ2) is 6.11. The number of likely N-dealkylation sites (tertiary alicyclic amines) is 1. The fourth-order valence-corrected chi connectivity index (χ4v) is 1.80. The van der Waals surface area contributed by atoms with E-state index in [1.54, 1.807) is 11.8 Å². The number of rotatable bonds is 3. The predicted octanol–water partition coefficient (Wildman–Crippen LogP) is 0.702. The molecule has 1 saturated heterocycles. The topological polar surface area (TPSA) is 70.4 Å². The second-order valence-electron chi connectivity index (χ2n) is 3.74. The van der Waals surface area contributed by atoms with Gasteiger partial charge in [-0.15, -0.1) is 0 Å². The highest BCUT2D eigenvalue weighted by molar-refractivity contribution is 5.79. The fraction of sp³-hybridized carbons (Fsp3) is 0.727. The average Bonchev–Trinajstić information content (AvgIpc) is 2.30. The molecule has 0 spiro atoms. The minimum atomic E-state index is -0.171. The van der Waals surface area contributed by atoms with Crippen molar-refractivity contribution in [1.82, 2.24) is 4.90 Å². The minimum absolute atomic E-state index is 0.0793. The number of nitriles is 1. The number of carbonyl (C=O) groups excluding carboxylic acids is 2. The zero-order valence-corrected chi connectivity index (χ0v) is 9.44. The van der Waals surface area contributed by atoms with E-state index in [1.165, 1.54) is 0 Å². The van der Waals surface area contributed by atoms with Crippen LogP contribution < -0.4 is 0 Å². The van der Waals surface area contributed by atoms with Crippen LogP contribution in [-0.4, -0.2) is 36.5 Å². The molecule has 0 radical (unpaired) electrons. The smallest absolute Gasteiger partial charge is 0.309 e. The number of esters is 1. The standard InChI is InChI=1S/C11H16N2O3/c1-2-16-11(15)9-4-7-13(8-5-9)10(14)3-6-12/h9H,2-5,7-8H2,1H3. The van der Waals surface area contributed by atoms with Crippen LogP contribution in [-0.2, 0) is 14.3 Å². The number of carbonyl (C=O) groups is 2. The highest BCUT2D eigenvalue weighted by atomic mass is 16.5. The van der Waals surface area contributed by atoms with E-state index in [0.29, 0.717) is 32.5 Å². The van der Waals surface area contributed by atoms with Crippen LogP contribution in [0, 0.1) is 17.2 Å². The van der Waals surface area contributed by atoms with Crippen molar-refractivity contribution in [3.8, 4) is 6.07 Å². The summed E-state index contributed by atoms with van der Waals surface area (Å²) in [5.41, 5.74) is 0. The number of hydrogen-bond acceptors (Lipinski definition) is 4. The highest BCUT2D eigenvalue weighted by Crippen LogP contribution is 2.19. The van der Waals surface area contributed by atoms with Crippen LogP contribution in [0.4, 0.5) is 0 Å². The molecule has 1 heterocycles. The van der Waals surface area contributed by atoms with Crippen molar-refractivity contribution >= 4 is 11.9 Å². The molecule has 1 aliphatic rings. The summed E-state index contributed by atoms with van der Waals surface area (Å²) in [4.78, 5) is 24.4. The van der Waals surface area contributed by atoms with E-state index in [2.05, 4.69) is 0 Å². The molecular weight excluding hydrogens is 208 g/mol. The van der Waals surface area contributed by atoms with Gasteiger partial charge in [-0.25, -0.2) is 0 Å². The number of hydrogen-bond donors (Lipinski definition) is 0. The summed E-state index contributed by atoms with van der Waals surface area (Å²) < 4.78 is 4.93. The zero-order valence-electron chi connectivity index (χ0n) is 9.44. The van der Waals surface area contributed by atoms with Gasteiger partial charge < -0.3 is 9.64 Å². The van der Waals surface area contributed by atoms with Gasteiger partial charge in [-0.1, -0.05) is 0 Å².